The van der Waals surface area contributed by atoms with Crippen LogP contribution in [-0.4, -0.2) is 31.7 Å². The SMILES string of the molecule is CN=C(NCC(C)Oc1cccc(F)c1)NC1CC1C.I. The third-order valence-electron chi connectivity index (χ3n) is 3.35. The lowest BCUT2D eigenvalue weighted by molar-refractivity contribution is 0.223. The molecule has 2 N–H and O–H groups in total. The van der Waals surface area contributed by atoms with Gasteiger partial charge in [-0.25, -0.2) is 4.39 Å². The van der Waals surface area contributed by atoms with Gasteiger partial charge in [-0.05, 0) is 31.4 Å². The molecule has 118 valence electrons. The number of hydrogen-bond acceptors (Lipinski definition) is 2. The molecule has 3 unspecified atom stereocenters. The number of aliphatic imine (C=N–C) groups is 1. The summed E-state index contributed by atoms with van der Waals surface area (Å²) in [5.74, 6) is 1.75. The quantitative estimate of drug-likeness (QED) is 0.449. The Kier molecular flexibility index (Phi) is 7.21. The molecule has 21 heavy (non-hydrogen) atoms. The van der Waals surface area contributed by atoms with Gasteiger partial charge in [0, 0.05) is 19.2 Å². The zero-order chi connectivity index (χ0) is 14.5. The molecule has 3 atom stereocenters. The largest absolute Gasteiger partial charge is 0.489 e. The molecule has 1 aromatic rings. The summed E-state index contributed by atoms with van der Waals surface area (Å²) in [6, 6.07) is 6.70. The second-order valence-electron chi connectivity index (χ2n) is 5.30. The van der Waals surface area contributed by atoms with E-state index in [0.717, 1.165) is 11.9 Å². The molecule has 0 heterocycles. The molecular weight excluding hydrogens is 384 g/mol. The van der Waals surface area contributed by atoms with E-state index < -0.39 is 0 Å². The number of rotatable bonds is 5. The standard InChI is InChI=1S/C15H22FN3O.HI/c1-10-7-14(10)19-15(17-3)18-9-11(2)20-13-6-4-5-12(16)8-13;/h4-6,8,10-11,14H,7,9H2,1-3H3,(H2,17,18,19);1H. The molecule has 4 nitrogen and oxygen atoms in total. The summed E-state index contributed by atoms with van der Waals surface area (Å²) in [6.07, 6.45) is 1.11. The molecule has 0 radical (unpaired) electrons. The fourth-order valence-corrected chi connectivity index (χ4v) is 1.95. The molecule has 0 saturated heterocycles. The van der Waals surface area contributed by atoms with E-state index >= 15 is 0 Å². The zero-order valence-corrected chi connectivity index (χ0v) is 14.9. The Morgan fingerprint density at radius 3 is 2.81 bits per heavy atom. The highest BCUT2D eigenvalue weighted by molar-refractivity contribution is 14.0. The van der Waals surface area contributed by atoms with Gasteiger partial charge in [-0.3, -0.25) is 4.99 Å². The van der Waals surface area contributed by atoms with Crippen LogP contribution in [-0.2, 0) is 0 Å². The van der Waals surface area contributed by atoms with Gasteiger partial charge in [0.05, 0.1) is 6.54 Å². The number of ether oxygens (including phenoxy) is 1. The van der Waals surface area contributed by atoms with E-state index in [1.807, 2.05) is 6.92 Å². The molecule has 1 aromatic carbocycles. The number of hydrogen-bond donors (Lipinski definition) is 2. The summed E-state index contributed by atoms with van der Waals surface area (Å²) in [6.45, 7) is 4.75. The number of halogens is 2. The van der Waals surface area contributed by atoms with Gasteiger partial charge in [0.1, 0.15) is 17.7 Å². The Bertz CT molecular complexity index is 484. The van der Waals surface area contributed by atoms with E-state index in [1.54, 1.807) is 19.2 Å². The van der Waals surface area contributed by atoms with Crippen LogP contribution in [0.5, 0.6) is 5.75 Å². The van der Waals surface area contributed by atoms with E-state index in [2.05, 4.69) is 22.5 Å². The maximum absolute atomic E-state index is 13.0. The minimum atomic E-state index is -0.289. The monoisotopic (exact) mass is 407 g/mol. The molecule has 2 rings (SSSR count). The van der Waals surface area contributed by atoms with E-state index in [9.17, 15) is 4.39 Å². The first-order valence-corrected chi connectivity index (χ1v) is 6.98. The third-order valence-corrected chi connectivity index (χ3v) is 3.35. The fraction of sp³-hybridized carbons (Fsp3) is 0.533. The minimum absolute atomic E-state index is 0. The number of nitrogens with one attached hydrogen (secondary N) is 2. The van der Waals surface area contributed by atoms with Crippen LogP contribution in [0.1, 0.15) is 20.3 Å². The van der Waals surface area contributed by atoms with Crippen molar-refractivity contribution in [3.05, 3.63) is 30.1 Å². The zero-order valence-electron chi connectivity index (χ0n) is 12.6. The Hall–Kier alpha value is -1.05. The average Bonchev–Trinajstić information content (AvgIpc) is 3.10. The lowest BCUT2D eigenvalue weighted by Crippen LogP contribution is -2.43. The maximum atomic E-state index is 13.0. The van der Waals surface area contributed by atoms with E-state index in [-0.39, 0.29) is 35.9 Å². The molecule has 0 bridgehead atoms. The van der Waals surface area contributed by atoms with E-state index in [0.29, 0.717) is 18.3 Å². The second-order valence-corrected chi connectivity index (χ2v) is 5.30. The topological polar surface area (TPSA) is 45.7 Å². The van der Waals surface area contributed by atoms with Gasteiger partial charge in [0.15, 0.2) is 5.96 Å². The van der Waals surface area contributed by atoms with Crippen molar-refractivity contribution >= 4 is 29.9 Å². The summed E-state index contributed by atoms with van der Waals surface area (Å²) >= 11 is 0. The summed E-state index contributed by atoms with van der Waals surface area (Å²) in [7, 11) is 1.75. The normalized spacial score (nSPS) is 22.0. The highest BCUT2D eigenvalue weighted by atomic mass is 127. The van der Waals surface area contributed by atoms with Crippen LogP contribution in [0.25, 0.3) is 0 Å². The highest BCUT2D eigenvalue weighted by Gasteiger charge is 2.33. The summed E-state index contributed by atoms with van der Waals surface area (Å²) in [5.41, 5.74) is 0. The molecular formula is C15H23FIN3O. The van der Waals surface area contributed by atoms with Gasteiger partial charge in [-0.15, -0.1) is 24.0 Å². The van der Waals surface area contributed by atoms with Crippen LogP contribution in [0, 0.1) is 11.7 Å². The van der Waals surface area contributed by atoms with Crippen molar-refractivity contribution in [3.8, 4) is 5.75 Å². The molecule has 1 fully saturated rings. The van der Waals surface area contributed by atoms with Crippen LogP contribution >= 0.6 is 24.0 Å². The van der Waals surface area contributed by atoms with Crippen LogP contribution < -0.4 is 15.4 Å². The van der Waals surface area contributed by atoms with Crippen molar-refractivity contribution in [2.45, 2.75) is 32.4 Å². The van der Waals surface area contributed by atoms with Crippen molar-refractivity contribution in [1.82, 2.24) is 10.6 Å². The van der Waals surface area contributed by atoms with Gasteiger partial charge in [0.25, 0.3) is 0 Å². The Morgan fingerprint density at radius 2 is 2.24 bits per heavy atom. The summed E-state index contributed by atoms with van der Waals surface area (Å²) in [4.78, 5) is 4.17. The van der Waals surface area contributed by atoms with Gasteiger partial charge < -0.3 is 15.4 Å². The van der Waals surface area contributed by atoms with Crippen LogP contribution in [0.3, 0.4) is 0 Å². The number of nitrogens with zero attached hydrogens (tertiary/aromatic N) is 1. The van der Waals surface area contributed by atoms with Crippen LogP contribution in [0.2, 0.25) is 0 Å². The van der Waals surface area contributed by atoms with Crippen molar-refractivity contribution < 1.29 is 9.13 Å². The molecule has 1 aliphatic rings. The molecule has 1 saturated carbocycles. The number of benzene rings is 1. The van der Waals surface area contributed by atoms with Gasteiger partial charge in [-0.1, -0.05) is 13.0 Å². The lowest BCUT2D eigenvalue weighted by Gasteiger charge is -2.17. The first-order chi connectivity index (χ1) is 9.58. The van der Waals surface area contributed by atoms with E-state index in [1.165, 1.54) is 18.6 Å². The van der Waals surface area contributed by atoms with Gasteiger partial charge in [0.2, 0.25) is 0 Å². The van der Waals surface area contributed by atoms with Crippen molar-refractivity contribution in [3.63, 3.8) is 0 Å². The third kappa shape index (κ3) is 6.07. The highest BCUT2D eigenvalue weighted by Crippen LogP contribution is 2.28. The first kappa shape index (κ1) is 18.0. The van der Waals surface area contributed by atoms with Gasteiger partial charge in [-0.2, -0.15) is 0 Å². The fourth-order valence-electron chi connectivity index (χ4n) is 1.95. The lowest BCUT2D eigenvalue weighted by atomic mass is 10.3. The van der Waals surface area contributed by atoms with Gasteiger partial charge >= 0.3 is 0 Å². The molecule has 0 spiro atoms. The molecule has 1 aliphatic carbocycles. The Labute approximate surface area is 142 Å². The molecule has 0 aliphatic heterocycles. The smallest absolute Gasteiger partial charge is 0.191 e. The predicted molar refractivity (Wildman–Crippen MR) is 94.0 cm³/mol. The Morgan fingerprint density at radius 1 is 1.52 bits per heavy atom. The average molecular weight is 407 g/mol. The van der Waals surface area contributed by atoms with Crippen molar-refractivity contribution in [1.29, 1.82) is 0 Å². The Balaban J connectivity index is 0.00000220. The predicted octanol–water partition coefficient (Wildman–Crippen LogP) is 2.78. The summed E-state index contributed by atoms with van der Waals surface area (Å²) in [5, 5.41) is 6.56. The van der Waals surface area contributed by atoms with Crippen molar-refractivity contribution in [2.24, 2.45) is 10.9 Å². The van der Waals surface area contributed by atoms with Crippen LogP contribution in [0.15, 0.2) is 29.3 Å². The van der Waals surface area contributed by atoms with Crippen LogP contribution in [0.4, 0.5) is 4.39 Å². The second kappa shape index (κ2) is 8.41. The first-order valence-electron chi connectivity index (χ1n) is 6.98. The number of guanidine groups is 1. The minimum Gasteiger partial charge on any atom is -0.489 e. The maximum Gasteiger partial charge on any atom is 0.191 e. The molecule has 0 amide bonds. The molecule has 0 aromatic heterocycles. The molecule has 6 heteroatoms. The summed E-state index contributed by atoms with van der Waals surface area (Å²) < 4.78 is 18.7. The van der Waals surface area contributed by atoms with Crippen molar-refractivity contribution in [2.75, 3.05) is 13.6 Å². The van der Waals surface area contributed by atoms with E-state index in [4.69, 9.17) is 4.74 Å².